The van der Waals surface area contributed by atoms with E-state index in [1.54, 1.807) is 0 Å². The van der Waals surface area contributed by atoms with Crippen molar-refractivity contribution in [3.05, 3.63) is 77.9 Å². The van der Waals surface area contributed by atoms with Gasteiger partial charge in [0.05, 0.1) is 11.0 Å². The Hall–Kier alpha value is -2.51. The molecule has 0 saturated carbocycles. The molecule has 0 radical (unpaired) electrons. The van der Waals surface area contributed by atoms with Gasteiger partial charge in [0.1, 0.15) is 11.5 Å². The van der Waals surface area contributed by atoms with Crippen molar-refractivity contribution in [2.24, 2.45) is 0 Å². The van der Waals surface area contributed by atoms with Gasteiger partial charge in [-0.2, -0.15) is 0 Å². The number of fused-ring (bicyclic) bond motifs is 3. The molecule has 0 amide bonds. The highest BCUT2D eigenvalue weighted by molar-refractivity contribution is 7.68. The Morgan fingerprint density at radius 3 is 2.40 bits per heavy atom. The summed E-state index contributed by atoms with van der Waals surface area (Å²) in [5, 5.41) is 11.2. The lowest BCUT2D eigenvalue weighted by Crippen LogP contribution is -2.21. The zero-order valence-corrected chi connectivity index (χ0v) is 15.0. The van der Waals surface area contributed by atoms with Gasteiger partial charge in [-0.3, -0.25) is 4.57 Å². The van der Waals surface area contributed by atoms with E-state index in [4.69, 9.17) is 4.52 Å². The van der Waals surface area contributed by atoms with Crippen molar-refractivity contribution in [3.63, 3.8) is 0 Å². The van der Waals surface area contributed by atoms with Gasteiger partial charge in [0.2, 0.25) is 0 Å². The minimum absolute atomic E-state index is 0.185. The summed E-state index contributed by atoms with van der Waals surface area (Å²) >= 11 is 0. The number of phenolic OH excluding ortho intramolecular Hbond substituents is 1. The van der Waals surface area contributed by atoms with E-state index in [1.165, 1.54) is 0 Å². The Morgan fingerprint density at radius 1 is 0.920 bits per heavy atom. The Balaban J connectivity index is 1.93. The third kappa shape index (κ3) is 2.39. The second kappa shape index (κ2) is 5.79. The maximum atomic E-state index is 14.0. The summed E-state index contributed by atoms with van der Waals surface area (Å²) < 4.78 is 20.2. The number of benzene rings is 3. The normalized spacial score (nSPS) is 19.4. The fourth-order valence-electron chi connectivity index (χ4n) is 3.43. The third-order valence-electron chi connectivity index (χ3n) is 4.88. The molecule has 0 saturated heterocycles. The van der Waals surface area contributed by atoms with Crippen LogP contribution in [0, 0.1) is 6.92 Å². The number of aromatic hydroxyl groups is 1. The molecular formula is C21H19O3P. The number of rotatable bonds is 2. The smallest absolute Gasteiger partial charge is 0.285 e. The minimum Gasteiger partial charge on any atom is -0.507 e. The first-order valence-electron chi connectivity index (χ1n) is 8.29. The second-order valence-electron chi connectivity index (χ2n) is 6.39. The molecule has 25 heavy (non-hydrogen) atoms. The van der Waals surface area contributed by atoms with Crippen molar-refractivity contribution in [3.8, 4) is 22.6 Å². The lowest BCUT2D eigenvalue weighted by Gasteiger charge is -2.32. The first kappa shape index (κ1) is 16.0. The standard InChI is InChI=1S/C21H19O3P/c1-14-8-7-11-16(21(14)22)15(2)25(23)20-13-6-4-10-18(20)17-9-3-5-12-19(17)24-25/h3-13,15,22H,1-2H3. The maximum Gasteiger partial charge on any atom is 0.285 e. The van der Waals surface area contributed by atoms with Gasteiger partial charge < -0.3 is 9.63 Å². The first-order chi connectivity index (χ1) is 12.0. The van der Waals surface area contributed by atoms with Crippen LogP contribution in [0.1, 0.15) is 23.7 Å². The molecule has 0 aliphatic carbocycles. The summed E-state index contributed by atoms with van der Waals surface area (Å²) in [5.41, 5.74) is 2.85. The highest BCUT2D eigenvalue weighted by Gasteiger charge is 2.42. The van der Waals surface area contributed by atoms with Crippen LogP contribution in [0.15, 0.2) is 66.7 Å². The molecule has 126 valence electrons. The van der Waals surface area contributed by atoms with E-state index in [1.807, 2.05) is 80.6 Å². The van der Waals surface area contributed by atoms with Crippen molar-refractivity contribution in [2.45, 2.75) is 19.5 Å². The largest absolute Gasteiger partial charge is 0.507 e. The Kier molecular flexibility index (Phi) is 3.70. The summed E-state index contributed by atoms with van der Waals surface area (Å²) in [6, 6.07) is 20.9. The summed E-state index contributed by atoms with van der Waals surface area (Å²) in [6.07, 6.45) is 0. The molecule has 1 aliphatic heterocycles. The van der Waals surface area contributed by atoms with Crippen LogP contribution in [0.2, 0.25) is 0 Å². The van der Waals surface area contributed by atoms with Crippen LogP contribution in [0.5, 0.6) is 11.5 Å². The van der Waals surface area contributed by atoms with Gasteiger partial charge >= 0.3 is 0 Å². The van der Waals surface area contributed by atoms with Crippen molar-refractivity contribution < 1.29 is 14.2 Å². The summed E-state index contributed by atoms with van der Waals surface area (Å²) in [6.45, 7) is 3.70. The molecule has 1 N–H and O–H groups in total. The molecule has 1 aliphatic rings. The van der Waals surface area contributed by atoms with Gasteiger partial charge in [0.15, 0.2) is 0 Å². The summed E-state index contributed by atoms with van der Waals surface area (Å²) in [4.78, 5) is 0. The molecule has 1 heterocycles. The Bertz CT molecular complexity index is 1010. The number of aryl methyl sites for hydroxylation is 1. The highest BCUT2D eigenvalue weighted by atomic mass is 31.2. The minimum atomic E-state index is -3.26. The van der Waals surface area contributed by atoms with Gasteiger partial charge in [0.25, 0.3) is 7.37 Å². The van der Waals surface area contributed by atoms with E-state index in [0.29, 0.717) is 16.6 Å². The quantitative estimate of drug-likeness (QED) is 0.627. The monoisotopic (exact) mass is 350 g/mol. The molecule has 0 aromatic heterocycles. The van der Waals surface area contributed by atoms with Crippen molar-refractivity contribution in [1.29, 1.82) is 0 Å². The topological polar surface area (TPSA) is 46.5 Å². The molecule has 0 bridgehead atoms. The predicted molar refractivity (Wildman–Crippen MR) is 101 cm³/mol. The van der Waals surface area contributed by atoms with E-state index < -0.39 is 13.0 Å². The lowest BCUT2D eigenvalue weighted by molar-refractivity contribution is 0.454. The van der Waals surface area contributed by atoms with Crippen LogP contribution in [-0.4, -0.2) is 5.11 Å². The molecular weight excluding hydrogens is 331 g/mol. The number of phenols is 1. The zero-order chi connectivity index (χ0) is 17.6. The van der Waals surface area contributed by atoms with Gasteiger partial charge in [-0.05, 0) is 37.1 Å². The Morgan fingerprint density at radius 2 is 1.60 bits per heavy atom. The van der Waals surface area contributed by atoms with Crippen LogP contribution in [0.3, 0.4) is 0 Å². The highest BCUT2D eigenvalue weighted by Crippen LogP contribution is 2.64. The van der Waals surface area contributed by atoms with Gasteiger partial charge in [-0.15, -0.1) is 0 Å². The maximum absolute atomic E-state index is 14.0. The van der Waals surface area contributed by atoms with E-state index in [-0.39, 0.29) is 5.75 Å². The van der Waals surface area contributed by atoms with Crippen LogP contribution < -0.4 is 9.83 Å². The van der Waals surface area contributed by atoms with E-state index in [0.717, 1.165) is 16.7 Å². The van der Waals surface area contributed by atoms with Crippen molar-refractivity contribution in [1.82, 2.24) is 0 Å². The fraction of sp³-hybridized carbons (Fsp3) is 0.143. The average Bonchev–Trinajstić information content (AvgIpc) is 2.64. The molecule has 3 aromatic rings. The van der Waals surface area contributed by atoms with E-state index in [2.05, 4.69) is 0 Å². The molecule has 2 unspecified atom stereocenters. The van der Waals surface area contributed by atoms with Gasteiger partial charge in [-0.1, -0.05) is 54.6 Å². The van der Waals surface area contributed by atoms with Crippen LogP contribution in [0.4, 0.5) is 0 Å². The SMILES string of the molecule is Cc1cccc(C(C)P2(=O)Oc3ccccc3-c3ccccc32)c1O. The molecule has 0 fully saturated rings. The molecule has 0 spiro atoms. The first-order valence-corrected chi connectivity index (χ1v) is 9.98. The average molecular weight is 350 g/mol. The molecule has 2 atom stereocenters. The molecule has 4 rings (SSSR count). The van der Waals surface area contributed by atoms with Gasteiger partial charge in [-0.25, -0.2) is 0 Å². The molecule has 3 aromatic carbocycles. The molecule has 4 heteroatoms. The van der Waals surface area contributed by atoms with E-state index >= 15 is 0 Å². The third-order valence-corrected chi connectivity index (χ3v) is 7.71. The lowest BCUT2D eigenvalue weighted by atomic mass is 10.0. The second-order valence-corrected chi connectivity index (χ2v) is 9.02. The van der Waals surface area contributed by atoms with Gasteiger partial charge in [0, 0.05) is 11.1 Å². The molecule has 3 nitrogen and oxygen atoms in total. The Labute approximate surface area is 147 Å². The van der Waals surface area contributed by atoms with Crippen LogP contribution in [-0.2, 0) is 4.57 Å². The van der Waals surface area contributed by atoms with Crippen LogP contribution in [0.25, 0.3) is 11.1 Å². The number of hydrogen-bond donors (Lipinski definition) is 1. The number of para-hydroxylation sites is 2. The fourth-order valence-corrected chi connectivity index (χ4v) is 5.95. The van der Waals surface area contributed by atoms with Crippen LogP contribution >= 0.6 is 7.37 Å². The van der Waals surface area contributed by atoms with E-state index in [9.17, 15) is 9.67 Å². The van der Waals surface area contributed by atoms with Crippen molar-refractivity contribution >= 4 is 12.7 Å². The zero-order valence-electron chi connectivity index (χ0n) is 14.1. The summed E-state index contributed by atoms with van der Waals surface area (Å²) in [7, 11) is -3.26. The summed E-state index contributed by atoms with van der Waals surface area (Å²) in [5.74, 6) is 0.814. The predicted octanol–water partition coefficient (Wildman–Crippen LogP) is 5.42. The number of hydrogen-bond acceptors (Lipinski definition) is 3. The van der Waals surface area contributed by atoms with Crippen molar-refractivity contribution in [2.75, 3.05) is 0 Å².